The van der Waals surface area contributed by atoms with Crippen molar-refractivity contribution in [1.29, 1.82) is 5.26 Å². The molecule has 1 heterocycles. The van der Waals surface area contributed by atoms with Gasteiger partial charge in [0.2, 0.25) is 0 Å². The van der Waals surface area contributed by atoms with Gasteiger partial charge in [0.25, 0.3) is 5.91 Å². The molecule has 32 heavy (non-hydrogen) atoms. The fourth-order valence-electron chi connectivity index (χ4n) is 4.13. The van der Waals surface area contributed by atoms with E-state index in [1.165, 1.54) is 6.07 Å². The average molecular weight is 448 g/mol. The lowest BCUT2D eigenvalue weighted by Gasteiger charge is -2.32. The molecule has 0 unspecified atom stereocenters. The van der Waals surface area contributed by atoms with Gasteiger partial charge in [-0.15, -0.1) is 0 Å². The number of hydrogen-bond donors (Lipinski definition) is 0. The van der Waals surface area contributed by atoms with Crippen LogP contribution < -0.4 is 4.90 Å². The van der Waals surface area contributed by atoms with E-state index < -0.39 is 0 Å². The van der Waals surface area contributed by atoms with E-state index in [4.69, 9.17) is 11.6 Å². The average Bonchev–Trinajstić information content (AvgIpc) is 3.29. The number of anilines is 1. The summed E-state index contributed by atoms with van der Waals surface area (Å²) < 4.78 is 13.6. The van der Waals surface area contributed by atoms with E-state index in [1.807, 2.05) is 35.2 Å². The molecule has 1 aliphatic rings. The molecule has 0 radical (unpaired) electrons. The van der Waals surface area contributed by atoms with Crippen LogP contribution in [0.15, 0.2) is 66.7 Å². The Balaban J connectivity index is 1.59. The molecule has 1 saturated heterocycles. The van der Waals surface area contributed by atoms with E-state index in [0.29, 0.717) is 41.3 Å². The van der Waals surface area contributed by atoms with Crippen LogP contribution in [0.1, 0.15) is 33.5 Å². The third-order valence-electron chi connectivity index (χ3n) is 5.90. The van der Waals surface area contributed by atoms with Crippen LogP contribution in [0, 0.1) is 24.1 Å². The van der Waals surface area contributed by atoms with E-state index in [0.717, 1.165) is 17.7 Å². The van der Waals surface area contributed by atoms with E-state index in [-0.39, 0.29) is 17.8 Å². The van der Waals surface area contributed by atoms with Gasteiger partial charge in [0, 0.05) is 36.9 Å². The Morgan fingerprint density at radius 3 is 2.66 bits per heavy atom. The monoisotopic (exact) mass is 447 g/mol. The lowest BCUT2D eigenvalue weighted by Crippen LogP contribution is -2.38. The molecule has 1 fully saturated rings. The zero-order valence-corrected chi connectivity index (χ0v) is 18.5. The van der Waals surface area contributed by atoms with Gasteiger partial charge < -0.3 is 9.80 Å². The number of nitriles is 1. The third-order valence-corrected chi connectivity index (χ3v) is 6.21. The fourth-order valence-corrected chi connectivity index (χ4v) is 4.34. The lowest BCUT2D eigenvalue weighted by atomic mass is 10.1. The summed E-state index contributed by atoms with van der Waals surface area (Å²) in [7, 11) is 0. The molecule has 6 heteroatoms. The minimum Gasteiger partial charge on any atom is -0.362 e. The van der Waals surface area contributed by atoms with Gasteiger partial charge in [-0.05, 0) is 60.9 Å². The Morgan fingerprint density at radius 2 is 1.97 bits per heavy atom. The summed E-state index contributed by atoms with van der Waals surface area (Å²) in [6.07, 6.45) is 0.802. The van der Waals surface area contributed by atoms with Crippen molar-refractivity contribution in [3.63, 3.8) is 0 Å². The number of likely N-dealkylation sites (tertiary alicyclic amines) is 1. The highest BCUT2D eigenvalue weighted by atomic mass is 35.5. The number of nitrogens with zero attached hydrogens (tertiary/aromatic N) is 3. The zero-order valence-electron chi connectivity index (χ0n) is 17.8. The number of rotatable bonds is 5. The first kappa shape index (κ1) is 21.9. The molecule has 0 aliphatic carbocycles. The van der Waals surface area contributed by atoms with Crippen LogP contribution in [-0.4, -0.2) is 29.9 Å². The second-order valence-corrected chi connectivity index (χ2v) is 8.45. The van der Waals surface area contributed by atoms with E-state index >= 15 is 0 Å². The van der Waals surface area contributed by atoms with E-state index in [1.54, 1.807) is 25.1 Å². The van der Waals surface area contributed by atoms with E-state index in [2.05, 4.69) is 23.1 Å². The molecule has 0 N–H and O–H groups in total. The maximum Gasteiger partial charge on any atom is 0.253 e. The maximum absolute atomic E-state index is 13.6. The Kier molecular flexibility index (Phi) is 6.43. The van der Waals surface area contributed by atoms with Crippen LogP contribution in [0.4, 0.5) is 10.1 Å². The Bertz CT molecular complexity index is 1180. The SMILES string of the molecule is Cc1cc(C(=O)N2CC[C@H](N(Cc3ccccc3)c3ccc(C#N)c(Cl)c3)C2)ccc1F. The minimum atomic E-state index is -0.312. The van der Waals surface area contributed by atoms with Crippen molar-refractivity contribution in [2.75, 3.05) is 18.0 Å². The molecule has 162 valence electrons. The predicted octanol–water partition coefficient (Wildman–Crippen LogP) is 5.58. The summed E-state index contributed by atoms with van der Waals surface area (Å²) in [6, 6.07) is 22.2. The second kappa shape index (κ2) is 9.42. The van der Waals surface area contributed by atoms with Crippen molar-refractivity contribution in [1.82, 2.24) is 4.90 Å². The molecule has 0 spiro atoms. The van der Waals surface area contributed by atoms with Crippen LogP contribution in [0.5, 0.6) is 0 Å². The van der Waals surface area contributed by atoms with Gasteiger partial charge in [-0.3, -0.25) is 4.79 Å². The summed E-state index contributed by atoms with van der Waals surface area (Å²) in [5.74, 6) is -0.402. The third kappa shape index (κ3) is 4.61. The first-order chi connectivity index (χ1) is 15.5. The van der Waals surface area contributed by atoms with Crippen LogP contribution in [0.2, 0.25) is 5.02 Å². The predicted molar refractivity (Wildman–Crippen MR) is 124 cm³/mol. The molecule has 1 atom stereocenters. The molecule has 4 rings (SSSR count). The van der Waals surface area contributed by atoms with Gasteiger partial charge in [-0.2, -0.15) is 5.26 Å². The minimum absolute atomic E-state index is 0.0877. The van der Waals surface area contributed by atoms with Crippen molar-refractivity contribution in [2.24, 2.45) is 0 Å². The summed E-state index contributed by atoms with van der Waals surface area (Å²) in [6.45, 7) is 3.50. The van der Waals surface area contributed by atoms with Crippen molar-refractivity contribution >= 4 is 23.2 Å². The number of halogens is 2. The van der Waals surface area contributed by atoms with Crippen LogP contribution in [-0.2, 0) is 6.54 Å². The zero-order chi connectivity index (χ0) is 22.7. The molecule has 4 nitrogen and oxygen atoms in total. The normalized spacial score (nSPS) is 15.4. The summed E-state index contributed by atoms with van der Waals surface area (Å²) in [5.41, 5.74) is 3.46. The Hall–Kier alpha value is -3.36. The van der Waals surface area contributed by atoms with Gasteiger partial charge in [0.1, 0.15) is 11.9 Å². The van der Waals surface area contributed by atoms with Crippen LogP contribution in [0.25, 0.3) is 0 Å². The van der Waals surface area contributed by atoms with Gasteiger partial charge in [0.05, 0.1) is 10.6 Å². The first-order valence-corrected chi connectivity index (χ1v) is 10.9. The number of carbonyl (C=O) groups is 1. The molecule has 0 bridgehead atoms. The standard InChI is InChI=1S/C26H23ClFN3O/c1-18-13-20(8-10-25(18)28)26(32)30-12-11-23(17-30)31(16-19-5-3-2-4-6-19)22-9-7-21(15-29)24(27)14-22/h2-10,13-14,23H,11-12,16-17H2,1H3/t23-/m0/s1. The van der Waals surface area contributed by atoms with Gasteiger partial charge in [-0.25, -0.2) is 4.39 Å². The molecule has 1 amide bonds. The van der Waals surface area contributed by atoms with Crippen LogP contribution >= 0.6 is 11.6 Å². The summed E-state index contributed by atoms with van der Waals surface area (Å²) in [5, 5.41) is 9.63. The van der Waals surface area contributed by atoms with Crippen molar-refractivity contribution in [2.45, 2.75) is 25.9 Å². The number of amides is 1. The highest BCUT2D eigenvalue weighted by Gasteiger charge is 2.31. The quantitative estimate of drug-likeness (QED) is 0.513. The molecule has 0 saturated carbocycles. The largest absolute Gasteiger partial charge is 0.362 e. The lowest BCUT2D eigenvalue weighted by molar-refractivity contribution is 0.0790. The molecular weight excluding hydrogens is 425 g/mol. The molecule has 3 aromatic rings. The first-order valence-electron chi connectivity index (χ1n) is 10.5. The molecule has 3 aromatic carbocycles. The van der Waals surface area contributed by atoms with E-state index in [9.17, 15) is 14.4 Å². The Morgan fingerprint density at radius 1 is 1.19 bits per heavy atom. The highest BCUT2D eigenvalue weighted by Crippen LogP contribution is 2.30. The number of aryl methyl sites for hydroxylation is 1. The molecular formula is C26H23ClFN3O. The second-order valence-electron chi connectivity index (χ2n) is 8.05. The fraction of sp³-hybridized carbons (Fsp3) is 0.231. The highest BCUT2D eigenvalue weighted by molar-refractivity contribution is 6.32. The van der Waals surface area contributed by atoms with Crippen molar-refractivity contribution < 1.29 is 9.18 Å². The summed E-state index contributed by atoms with van der Waals surface area (Å²) in [4.78, 5) is 17.1. The number of hydrogen-bond acceptors (Lipinski definition) is 3. The summed E-state index contributed by atoms with van der Waals surface area (Å²) >= 11 is 6.33. The van der Waals surface area contributed by atoms with Gasteiger partial charge >= 0.3 is 0 Å². The smallest absolute Gasteiger partial charge is 0.253 e. The topological polar surface area (TPSA) is 47.3 Å². The van der Waals surface area contributed by atoms with Crippen molar-refractivity contribution in [3.05, 3.63) is 99.8 Å². The van der Waals surface area contributed by atoms with Crippen molar-refractivity contribution in [3.8, 4) is 6.07 Å². The number of carbonyl (C=O) groups excluding carboxylic acids is 1. The molecule has 1 aliphatic heterocycles. The Labute approximate surface area is 192 Å². The van der Waals surface area contributed by atoms with Gasteiger partial charge in [0.15, 0.2) is 0 Å². The maximum atomic E-state index is 13.6. The van der Waals surface area contributed by atoms with Gasteiger partial charge in [-0.1, -0.05) is 41.9 Å². The number of benzene rings is 3. The van der Waals surface area contributed by atoms with Crippen LogP contribution in [0.3, 0.4) is 0 Å². The molecule has 0 aromatic heterocycles.